The van der Waals surface area contributed by atoms with Crippen LogP contribution in [0.2, 0.25) is 0 Å². The lowest BCUT2D eigenvalue weighted by Gasteiger charge is -2.22. The van der Waals surface area contributed by atoms with Gasteiger partial charge in [-0.15, -0.1) is 0 Å². The zero-order valence-corrected chi connectivity index (χ0v) is 16.2. The fourth-order valence-corrected chi connectivity index (χ4v) is 3.66. The van der Waals surface area contributed by atoms with Crippen molar-refractivity contribution in [2.24, 2.45) is 0 Å². The molecule has 6 heteroatoms. The maximum Gasteiger partial charge on any atom is 0.341 e. The lowest BCUT2D eigenvalue weighted by Crippen LogP contribution is -2.36. The number of hydrogen-bond donors (Lipinski definition) is 1. The summed E-state index contributed by atoms with van der Waals surface area (Å²) < 4.78 is 6.83. The van der Waals surface area contributed by atoms with E-state index in [1.165, 1.54) is 19.3 Å². The van der Waals surface area contributed by atoms with E-state index >= 15 is 0 Å². The SMILES string of the molecule is CCOC(=O)c1c(C)nn(-c2ccc(C(=O)NC3CCCCC3)cc2)c1C. The molecule has 1 amide bonds. The van der Waals surface area contributed by atoms with Crippen LogP contribution in [-0.4, -0.2) is 34.3 Å². The predicted molar refractivity (Wildman–Crippen MR) is 103 cm³/mol. The highest BCUT2D eigenvalue weighted by atomic mass is 16.5. The number of benzene rings is 1. The summed E-state index contributed by atoms with van der Waals surface area (Å²) in [6.45, 7) is 5.75. The Morgan fingerprint density at radius 1 is 1.15 bits per heavy atom. The highest BCUT2D eigenvalue weighted by Crippen LogP contribution is 2.20. The van der Waals surface area contributed by atoms with Crippen LogP contribution < -0.4 is 5.32 Å². The molecule has 1 aliphatic carbocycles. The number of amides is 1. The van der Waals surface area contributed by atoms with Gasteiger partial charge >= 0.3 is 5.97 Å². The minimum atomic E-state index is -0.359. The van der Waals surface area contributed by atoms with Crippen LogP contribution in [0.5, 0.6) is 0 Å². The van der Waals surface area contributed by atoms with Gasteiger partial charge in [0.2, 0.25) is 0 Å². The van der Waals surface area contributed by atoms with Crippen molar-refractivity contribution in [2.45, 2.75) is 58.9 Å². The topological polar surface area (TPSA) is 73.2 Å². The molecule has 0 aliphatic heterocycles. The third-order valence-corrected chi connectivity index (χ3v) is 5.09. The van der Waals surface area contributed by atoms with Crippen LogP contribution >= 0.6 is 0 Å². The molecule has 0 atom stereocenters. The monoisotopic (exact) mass is 369 g/mol. The predicted octanol–water partition coefficient (Wildman–Crippen LogP) is 3.73. The van der Waals surface area contributed by atoms with E-state index < -0.39 is 0 Å². The van der Waals surface area contributed by atoms with Gasteiger partial charge in [0.1, 0.15) is 5.56 Å². The second-order valence-electron chi connectivity index (χ2n) is 7.03. The van der Waals surface area contributed by atoms with Crippen LogP contribution in [-0.2, 0) is 4.74 Å². The first-order valence-corrected chi connectivity index (χ1v) is 9.66. The molecule has 0 radical (unpaired) electrons. The smallest absolute Gasteiger partial charge is 0.341 e. The van der Waals surface area contributed by atoms with E-state index in [4.69, 9.17) is 4.74 Å². The molecule has 1 aromatic heterocycles. The number of aryl methyl sites for hydroxylation is 1. The van der Waals surface area contributed by atoms with E-state index in [1.807, 2.05) is 19.1 Å². The van der Waals surface area contributed by atoms with Gasteiger partial charge in [-0.25, -0.2) is 9.48 Å². The van der Waals surface area contributed by atoms with Crippen molar-refractivity contribution in [1.29, 1.82) is 0 Å². The van der Waals surface area contributed by atoms with Gasteiger partial charge < -0.3 is 10.1 Å². The summed E-state index contributed by atoms with van der Waals surface area (Å²) in [6.07, 6.45) is 5.76. The van der Waals surface area contributed by atoms with Crippen molar-refractivity contribution in [2.75, 3.05) is 6.61 Å². The quantitative estimate of drug-likeness (QED) is 0.815. The molecule has 3 rings (SSSR count). The second-order valence-corrected chi connectivity index (χ2v) is 7.03. The summed E-state index contributed by atoms with van der Waals surface area (Å²) in [5.74, 6) is -0.392. The molecule has 0 unspecified atom stereocenters. The summed E-state index contributed by atoms with van der Waals surface area (Å²) in [4.78, 5) is 24.6. The highest BCUT2D eigenvalue weighted by Gasteiger charge is 2.21. The minimum Gasteiger partial charge on any atom is -0.462 e. The van der Waals surface area contributed by atoms with E-state index in [0.717, 1.165) is 24.2 Å². The van der Waals surface area contributed by atoms with Gasteiger partial charge in [0.05, 0.1) is 23.7 Å². The fraction of sp³-hybridized carbons (Fsp3) is 0.476. The lowest BCUT2D eigenvalue weighted by atomic mass is 9.95. The Hall–Kier alpha value is -2.63. The highest BCUT2D eigenvalue weighted by molar-refractivity contribution is 5.94. The molecule has 0 saturated heterocycles. The van der Waals surface area contributed by atoms with Gasteiger partial charge in [0, 0.05) is 11.6 Å². The van der Waals surface area contributed by atoms with Gasteiger partial charge in [0.25, 0.3) is 5.91 Å². The molecule has 144 valence electrons. The molecular weight excluding hydrogens is 342 g/mol. The van der Waals surface area contributed by atoms with E-state index in [9.17, 15) is 9.59 Å². The molecule has 1 fully saturated rings. The summed E-state index contributed by atoms with van der Waals surface area (Å²) in [5.41, 5.74) is 3.29. The number of esters is 1. The normalized spacial score (nSPS) is 14.8. The summed E-state index contributed by atoms with van der Waals surface area (Å²) in [5, 5.41) is 7.59. The Morgan fingerprint density at radius 2 is 1.81 bits per heavy atom. The minimum absolute atomic E-state index is 0.0333. The maximum atomic E-state index is 12.5. The number of nitrogens with one attached hydrogen (secondary N) is 1. The van der Waals surface area contributed by atoms with Crippen molar-refractivity contribution < 1.29 is 14.3 Å². The standard InChI is InChI=1S/C21H27N3O3/c1-4-27-21(26)19-14(2)23-24(15(19)3)18-12-10-16(11-13-18)20(25)22-17-8-6-5-7-9-17/h10-13,17H,4-9H2,1-3H3,(H,22,25). The van der Waals surface area contributed by atoms with Crippen molar-refractivity contribution in [3.05, 3.63) is 46.8 Å². The number of ether oxygens (including phenoxy) is 1. The molecular formula is C21H27N3O3. The molecule has 2 aromatic rings. The van der Waals surface area contributed by atoms with Crippen molar-refractivity contribution in [3.63, 3.8) is 0 Å². The molecule has 27 heavy (non-hydrogen) atoms. The van der Waals surface area contributed by atoms with Gasteiger partial charge in [0.15, 0.2) is 0 Å². The molecule has 6 nitrogen and oxygen atoms in total. The third kappa shape index (κ3) is 4.21. The van der Waals surface area contributed by atoms with Crippen LogP contribution in [0.25, 0.3) is 5.69 Å². The Labute approximate surface area is 159 Å². The summed E-state index contributed by atoms with van der Waals surface area (Å²) >= 11 is 0. The van der Waals surface area contributed by atoms with Crippen LogP contribution in [0.4, 0.5) is 0 Å². The Kier molecular flexibility index (Phi) is 5.94. The molecule has 0 bridgehead atoms. The van der Waals surface area contributed by atoms with Crippen LogP contribution in [0.15, 0.2) is 24.3 Å². The first-order chi connectivity index (χ1) is 13.0. The van der Waals surface area contributed by atoms with Crippen molar-refractivity contribution in [1.82, 2.24) is 15.1 Å². The fourth-order valence-electron chi connectivity index (χ4n) is 3.66. The van der Waals surface area contributed by atoms with Crippen LogP contribution in [0.3, 0.4) is 0 Å². The first kappa shape index (κ1) is 19.1. The summed E-state index contributed by atoms with van der Waals surface area (Å²) in [6, 6.07) is 7.59. The number of aromatic nitrogens is 2. The van der Waals surface area contributed by atoms with E-state index in [2.05, 4.69) is 10.4 Å². The first-order valence-electron chi connectivity index (χ1n) is 9.66. The Bertz CT molecular complexity index is 818. The number of nitrogens with zero attached hydrogens (tertiary/aromatic N) is 2. The number of carbonyl (C=O) groups is 2. The van der Waals surface area contributed by atoms with Crippen molar-refractivity contribution in [3.8, 4) is 5.69 Å². The zero-order chi connectivity index (χ0) is 19.4. The molecule has 1 saturated carbocycles. The van der Waals surface area contributed by atoms with Crippen molar-refractivity contribution >= 4 is 11.9 Å². The molecule has 1 heterocycles. The average Bonchev–Trinajstić information content (AvgIpc) is 2.97. The van der Waals surface area contributed by atoms with Gasteiger partial charge in [-0.05, 0) is 57.9 Å². The zero-order valence-electron chi connectivity index (χ0n) is 16.2. The van der Waals surface area contributed by atoms with Gasteiger partial charge in [-0.3, -0.25) is 4.79 Å². The third-order valence-electron chi connectivity index (χ3n) is 5.09. The molecule has 1 aromatic carbocycles. The largest absolute Gasteiger partial charge is 0.462 e. The number of hydrogen-bond acceptors (Lipinski definition) is 4. The molecule has 1 aliphatic rings. The molecule has 1 N–H and O–H groups in total. The van der Waals surface area contributed by atoms with Gasteiger partial charge in [-0.1, -0.05) is 19.3 Å². The average molecular weight is 369 g/mol. The molecule has 0 spiro atoms. The lowest BCUT2D eigenvalue weighted by molar-refractivity contribution is 0.0524. The van der Waals surface area contributed by atoms with Crippen LogP contribution in [0, 0.1) is 13.8 Å². The number of carbonyl (C=O) groups excluding carboxylic acids is 2. The van der Waals surface area contributed by atoms with E-state index in [1.54, 1.807) is 30.7 Å². The van der Waals surface area contributed by atoms with E-state index in [-0.39, 0.29) is 17.9 Å². The number of rotatable bonds is 5. The summed E-state index contributed by atoms with van der Waals surface area (Å²) in [7, 11) is 0. The second kappa shape index (κ2) is 8.37. The van der Waals surface area contributed by atoms with E-state index in [0.29, 0.717) is 23.4 Å². The Balaban J connectivity index is 1.76. The van der Waals surface area contributed by atoms with Gasteiger partial charge in [-0.2, -0.15) is 5.10 Å². The Morgan fingerprint density at radius 3 is 2.44 bits per heavy atom. The van der Waals surface area contributed by atoms with Crippen LogP contribution in [0.1, 0.15) is 71.1 Å². The maximum absolute atomic E-state index is 12.5.